The third-order valence-corrected chi connectivity index (χ3v) is 7.22. The van der Waals surface area contributed by atoms with Crippen molar-refractivity contribution in [2.45, 2.75) is 52.7 Å². The highest BCUT2D eigenvalue weighted by Gasteiger charge is 2.23. The quantitative estimate of drug-likeness (QED) is 0.0967. The van der Waals surface area contributed by atoms with Crippen LogP contribution in [-0.4, -0.2) is 63.7 Å². The van der Waals surface area contributed by atoms with Crippen molar-refractivity contribution < 1.29 is 38.0 Å². The van der Waals surface area contributed by atoms with E-state index in [0.29, 0.717) is 74.5 Å². The van der Waals surface area contributed by atoms with Gasteiger partial charge in [-0.25, -0.2) is 14.6 Å². The zero-order chi connectivity index (χ0) is 31.1. The molecule has 0 aliphatic heterocycles. The number of carbonyl (C=O) groups excluding carboxylic acids is 2. The van der Waals surface area contributed by atoms with E-state index in [2.05, 4.69) is 13.8 Å². The molecule has 43 heavy (non-hydrogen) atoms. The van der Waals surface area contributed by atoms with Crippen LogP contribution in [-0.2, 0) is 14.2 Å². The number of esters is 2. The topological polar surface area (TPSA) is 102 Å². The molecular weight excluding hydrogens is 550 g/mol. The summed E-state index contributed by atoms with van der Waals surface area (Å²) in [6.45, 7) is 8.37. The summed E-state index contributed by atoms with van der Waals surface area (Å²) in [6.07, 6.45) is 1.39. The molecule has 0 saturated carbocycles. The molecule has 3 aromatic carbocycles. The molecule has 0 spiro atoms. The highest BCUT2D eigenvalue weighted by atomic mass is 16.6. The van der Waals surface area contributed by atoms with Gasteiger partial charge in [-0.1, -0.05) is 13.8 Å². The van der Waals surface area contributed by atoms with E-state index in [1.54, 1.807) is 52.3 Å². The van der Waals surface area contributed by atoms with Gasteiger partial charge in [0, 0.05) is 25.0 Å². The number of aromatic nitrogens is 1. The van der Waals surface area contributed by atoms with Gasteiger partial charge >= 0.3 is 11.9 Å². The molecule has 0 saturated heterocycles. The number of methoxy groups -OCH3 is 3. The summed E-state index contributed by atoms with van der Waals surface area (Å²) >= 11 is 0. The van der Waals surface area contributed by atoms with Gasteiger partial charge in [0.25, 0.3) is 0 Å². The summed E-state index contributed by atoms with van der Waals surface area (Å²) in [5.41, 5.74) is 3.18. The molecule has 228 valence electrons. The van der Waals surface area contributed by atoms with E-state index in [0.717, 1.165) is 12.8 Å². The van der Waals surface area contributed by atoms with E-state index in [9.17, 15) is 9.59 Å². The van der Waals surface area contributed by atoms with Crippen LogP contribution in [0.5, 0.6) is 17.2 Å². The number of hydrogen-bond acceptors (Lipinski definition) is 9. The van der Waals surface area contributed by atoms with Crippen LogP contribution in [0.2, 0.25) is 0 Å². The molecule has 0 atom stereocenters. The molecule has 0 fully saturated rings. The number of ether oxygens (including phenoxy) is 6. The van der Waals surface area contributed by atoms with Crippen LogP contribution in [0.25, 0.3) is 21.8 Å². The molecule has 9 heteroatoms. The summed E-state index contributed by atoms with van der Waals surface area (Å²) in [6, 6.07) is 14.2. The second-order valence-electron chi connectivity index (χ2n) is 10.4. The minimum Gasteiger partial charge on any atom is -0.490 e. The smallest absolute Gasteiger partial charge is 0.344 e. The van der Waals surface area contributed by atoms with Crippen molar-refractivity contribution in [1.82, 2.24) is 4.98 Å². The van der Waals surface area contributed by atoms with E-state index in [1.165, 1.54) is 7.11 Å². The van der Waals surface area contributed by atoms with Gasteiger partial charge in [0.2, 0.25) is 0 Å². The number of pyridine rings is 1. The van der Waals surface area contributed by atoms with E-state index in [1.807, 2.05) is 24.3 Å². The van der Waals surface area contributed by atoms with Gasteiger partial charge in [0.15, 0.2) is 0 Å². The first-order valence-electron chi connectivity index (χ1n) is 14.3. The number of fused-ring (bicyclic) bond motifs is 2. The van der Waals surface area contributed by atoms with Crippen LogP contribution in [0.3, 0.4) is 0 Å². The SMILES string of the molecule is CCC(CC)Oc1ccc2nc3ccc(OC(COC)COC)cc3c(C(=O)Oc3c(C)cc(C(=O)OC)cc3C)c2c1. The Hall–Kier alpha value is -4.21. The van der Waals surface area contributed by atoms with E-state index in [4.69, 9.17) is 33.4 Å². The van der Waals surface area contributed by atoms with Crippen LogP contribution in [0.15, 0.2) is 48.5 Å². The van der Waals surface area contributed by atoms with Crippen LogP contribution in [0, 0.1) is 13.8 Å². The molecule has 0 bridgehead atoms. The molecule has 0 amide bonds. The average Bonchev–Trinajstić information content (AvgIpc) is 3.00. The number of aryl methyl sites for hydroxylation is 2. The Morgan fingerprint density at radius 2 is 1.23 bits per heavy atom. The first-order chi connectivity index (χ1) is 20.7. The molecule has 9 nitrogen and oxygen atoms in total. The van der Waals surface area contributed by atoms with Crippen molar-refractivity contribution in [2.24, 2.45) is 0 Å². The zero-order valence-corrected chi connectivity index (χ0v) is 25.8. The standard InChI is InChI=1S/C34H39NO8/c1-8-23(9-2)41-24-10-12-29-27(16-24)31(34(37)43-32-20(3)14-22(15-21(32)4)33(36)40-7)28-17-25(11-13-30(28)35-29)42-26(18-38-5)19-39-6/h10-17,23,26H,8-9,18-19H2,1-7H3. The van der Waals surface area contributed by atoms with Gasteiger partial charge in [0.05, 0.1) is 48.6 Å². The number of benzene rings is 3. The van der Waals surface area contributed by atoms with Crippen LogP contribution >= 0.6 is 0 Å². The normalized spacial score (nSPS) is 11.4. The van der Waals surface area contributed by atoms with E-state index in [-0.39, 0.29) is 12.2 Å². The summed E-state index contributed by atoms with van der Waals surface area (Å²) in [4.78, 5) is 31.1. The average molecular weight is 590 g/mol. The van der Waals surface area contributed by atoms with Crippen molar-refractivity contribution in [3.8, 4) is 17.2 Å². The van der Waals surface area contributed by atoms with Crippen LogP contribution in [0.1, 0.15) is 58.5 Å². The highest BCUT2D eigenvalue weighted by molar-refractivity contribution is 6.15. The molecule has 0 N–H and O–H groups in total. The summed E-state index contributed by atoms with van der Waals surface area (Å²) in [5.74, 6) is 0.497. The largest absolute Gasteiger partial charge is 0.490 e. The van der Waals surface area contributed by atoms with Crippen LogP contribution in [0.4, 0.5) is 0 Å². The highest BCUT2D eigenvalue weighted by Crippen LogP contribution is 2.34. The van der Waals surface area contributed by atoms with E-state index < -0.39 is 11.9 Å². The fourth-order valence-corrected chi connectivity index (χ4v) is 5.09. The van der Waals surface area contributed by atoms with Gasteiger partial charge < -0.3 is 28.4 Å². The predicted molar refractivity (Wildman–Crippen MR) is 165 cm³/mol. The fraction of sp³-hybridized carbons (Fsp3) is 0.382. The number of carbonyl (C=O) groups is 2. The molecule has 1 heterocycles. The lowest BCUT2D eigenvalue weighted by molar-refractivity contribution is 0.0245. The lowest BCUT2D eigenvalue weighted by atomic mass is 10.0. The van der Waals surface area contributed by atoms with Crippen molar-refractivity contribution in [2.75, 3.05) is 34.5 Å². The van der Waals surface area contributed by atoms with Gasteiger partial charge in [-0.2, -0.15) is 0 Å². The van der Waals surface area contributed by atoms with E-state index >= 15 is 0 Å². The first kappa shape index (κ1) is 31.7. The Balaban J connectivity index is 1.87. The summed E-state index contributed by atoms with van der Waals surface area (Å²) < 4.78 is 33.9. The van der Waals surface area contributed by atoms with Gasteiger partial charge in [-0.3, -0.25) is 0 Å². The fourth-order valence-electron chi connectivity index (χ4n) is 5.09. The van der Waals surface area contributed by atoms with Gasteiger partial charge in [-0.05, 0) is 86.3 Å². The Kier molecular flexibility index (Phi) is 10.6. The number of nitrogens with zero attached hydrogens (tertiary/aromatic N) is 1. The maximum Gasteiger partial charge on any atom is 0.344 e. The second kappa shape index (κ2) is 14.3. The second-order valence-corrected chi connectivity index (χ2v) is 10.4. The van der Waals surface area contributed by atoms with Gasteiger partial charge in [-0.15, -0.1) is 0 Å². The first-order valence-corrected chi connectivity index (χ1v) is 14.3. The molecule has 0 aliphatic rings. The van der Waals surface area contributed by atoms with Crippen molar-refractivity contribution >= 4 is 33.7 Å². The summed E-state index contributed by atoms with van der Waals surface area (Å²) in [7, 11) is 4.52. The Morgan fingerprint density at radius 3 is 1.70 bits per heavy atom. The van der Waals surface area contributed by atoms with Crippen molar-refractivity contribution in [3.05, 3.63) is 70.8 Å². The zero-order valence-electron chi connectivity index (χ0n) is 25.8. The van der Waals surface area contributed by atoms with Crippen molar-refractivity contribution in [1.29, 1.82) is 0 Å². The monoisotopic (exact) mass is 589 g/mol. The third kappa shape index (κ3) is 7.24. The molecular formula is C34H39NO8. The molecule has 0 unspecified atom stereocenters. The Morgan fingerprint density at radius 1 is 0.721 bits per heavy atom. The Labute approximate surface area is 252 Å². The minimum atomic E-state index is -0.573. The van der Waals surface area contributed by atoms with Crippen molar-refractivity contribution in [3.63, 3.8) is 0 Å². The molecule has 0 aliphatic carbocycles. The maximum atomic E-state index is 14.1. The third-order valence-electron chi connectivity index (χ3n) is 7.22. The lowest BCUT2D eigenvalue weighted by Crippen LogP contribution is -2.27. The molecule has 4 aromatic rings. The van der Waals surface area contributed by atoms with Gasteiger partial charge in [0.1, 0.15) is 23.4 Å². The van der Waals surface area contributed by atoms with Crippen LogP contribution < -0.4 is 14.2 Å². The maximum absolute atomic E-state index is 14.1. The number of hydrogen-bond donors (Lipinski definition) is 0. The number of rotatable bonds is 13. The Bertz CT molecular complexity index is 1580. The lowest BCUT2D eigenvalue weighted by Gasteiger charge is -2.19. The molecule has 0 radical (unpaired) electrons. The molecule has 1 aromatic heterocycles. The molecule has 4 rings (SSSR count). The summed E-state index contributed by atoms with van der Waals surface area (Å²) in [5, 5.41) is 1.15. The predicted octanol–water partition coefficient (Wildman–Crippen LogP) is 6.62. The minimum absolute atomic E-state index is 0.0402.